The first-order chi connectivity index (χ1) is 10.9. The van der Waals surface area contributed by atoms with Gasteiger partial charge in [0.25, 0.3) is 0 Å². The third-order valence-electron chi connectivity index (χ3n) is 3.94. The van der Waals surface area contributed by atoms with Crippen molar-refractivity contribution in [3.8, 4) is 0 Å². The van der Waals surface area contributed by atoms with E-state index >= 15 is 0 Å². The third-order valence-corrected chi connectivity index (χ3v) is 3.94. The monoisotopic (exact) mass is 328 g/mol. The second-order valence-corrected chi connectivity index (χ2v) is 5.69. The van der Waals surface area contributed by atoms with Gasteiger partial charge in [-0.25, -0.2) is 0 Å². The lowest BCUT2D eigenvalue weighted by Crippen LogP contribution is -2.50. The highest BCUT2D eigenvalue weighted by atomic mass is 16.5. The zero-order chi connectivity index (χ0) is 17.2. The maximum absolute atomic E-state index is 11.1. The second kappa shape index (κ2) is 10.6. The lowest BCUT2D eigenvalue weighted by atomic mass is 9.93. The van der Waals surface area contributed by atoms with Crippen molar-refractivity contribution in [3.05, 3.63) is 0 Å². The maximum Gasteiger partial charge on any atom is 0.317 e. The van der Waals surface area contributed by atoms with Crippen molar-refractivity contribution in [2.45, 2.75) is 12.9 Å². The van der Waals surface area contributed by atoms with Gasteiger partial charge < -0.3 is 19.8 Å². The van der Waals surface area contributed by atoms with Crippen LogP contribution in [-0.4, -0.2) is 116 Å². The Morgan fingerprint density at radius 3 is 2.26 bits per heavy atom. The first-order valence-corrected chi connectivity index (χ1v) is 7.95. The number of rotatable bonds is 5. The van der Waals surface area contributed by atoms with Gasteiger partial charge in [-0.1, -0.05) is 6.92 Å². The van der Waals surface area contributed by atoms with Gasteiger partial charge >= 0.3 is 11.9 Å². The molecular formula is C14H27BN3O5. The summed E-state index contributed by atoms with van der Waals surface area (Å²) < 4.78 is 5.58. The molecule has 0 aromatic rings. The molecule has 0 spiro atoms. The summed E-state index contributed by atoms with van der Waals surface area (Å²) in [5, 5.41) is 18.1. The molecule has 8 nitrogen and oxygen atoms in total. The minimum atomic E-state index is -0.923. The molecule has 1 rings (SSSR count). The molecule has 1 heterocycles. The van der Waals surface area contributed by atoms with Crippen LogP contribution in [-0.2, 0) is 14.3 Å². The van der Waals surface area contributed by atoms with Gasteiger partial charge in [0.05, 0.1) is 26.3 Å². The zero-order valence-electron chi connectivity index (χ0n) is 13.8. The highest BCUT2D eigenvalue weighted by molar-refractivity contribution is 6.12. The summed E-state index contributed by atoms with van der Waals surface area (Å²) in [5.41, 5.74) is 0. The molecule has 1 aliphatic heterocycles. The molecule has 1 atom stereocenters. The summed E-state index contributed by atoms with van der Waals surface area (Å²) in [6.45, 7) is 6.78. The number of carboxylic acids is 2. The number of nitrogens with zero attached hydrogens (tertiary/aromatic N) is 3. The number of carbonyl (C=O) groups is 2. The van der Waals surface area contributed by atoms with Crippen LogP contribution in [0.15, 0.2) is 0 Å². The Morgan fingerprint density at radius 2 is 1.65 bits per heavy atom. The molecule has 1 aliphatic rings. The van der Waals surface area contributed by atoms with Gasteiger partial charge in [-0.05, 0) is 12.5 Å². The molecule has 23 heavy (non-hydrogen) atoms. The molecule has 0 aromatic carbocycles. The van der Waals surface area contributed by atoms with Crippen LogP contribution in [0.3, 0.4) is 0 Å². The molecule has 0 saturated carbocycles. The highest BCUT2D eigenvalue weighted by Gasteiger charge is 2.21. The topological polar surface area (TPSA) is 93.6 Å². The van der Waals surface area contributed by atoms with E-state index in [2.05, 4.69) is 19.7 Å². The molecule has 2 N–H and O–H groups in total. The van der Waals surface area contributed by atoms with E-state index in [9.17, 15) is 9.59 Å². The van der Waals surface area contributed by atoms with Crippen molar-refractivity contribution in [2.24, 2.45) is 0 Å². The average Bonchev–Trinajstić information content (AvgIpc) is 2.46. The van der Waals surface area contributed by atoms with Crippen LogP contribution >= 0.6 is 0 Å². The zero-order valence-corrected chi connectivity index (χ0v) is 13.8. The molecule has 1 radical (unpaired) electrons. The van der Waals surface area contributed by atoms with Crippen molar-refractivity contribution in [3.63, 3.8) is 0 Å². The Kier molecular flexibility index (Phi) is 9.16. The number of carboxylic acid groups (broad SMARTS) is 2. The van der Waals surface area contributed by atoms with Crippen LogP contribution < -0.4 is 0 Å². The number of ether oxygens (including phenoxy) is 1. The third kappa shape index (κ3) is 8.31. The van der Waals surface area contributed by atoms with Gasteiger partial charge in [-0.15, -0.1) is 0 Å². The largest absolute Gasteiger partial charge is 0.480 e. The van der Waals surface area contributed by atoms with Crippen molar-refractivity contribution < 1.29 is 24.5 Å². The van der Waals surface area contributed by atoms with Crippen molar-refractivity contribution in [2.75, 3.05) is 65.6 Å². The van der Waals surface area contributed by atoms with E-state index in [1.807, 2.05) is 4.90 Å². The normalized spacial score (nSPS) is 23.8. The molecule has 0 amide bonds. The summed E-state index contributed by atoms with van der Waals surface area (Å²) >= 11 is 0. The van der Waals surface area contributed by atoms with E-state index in [4.69, 9.17) is 14.9 Å². The molecule has 0 aliphatic carbocycles. The summed E-state index contributed by atoms with van der Waals surface area (Å²) in [7, 11) is 4.02. The van der Waals surface area contributed by atoms with Gasteiger partial charge in [0.1, 0.15) is 7.85 Å². The average molecular weight is 328 g/mol. The summed E-state index contributed by atoms with van der Waals surface area (Å²) in [6.07, 6.45) is 0. The molecule has 9 heteroatoms. The van der Waals surface area contributed by atoms with E-state index in [-0.39, 0.29) is 19.0 Å². The van der Waals surface area contributed by atoms with Crippen LogP contribution in [0.4, 0.5) is 0 Å². The summed E-state index contributed by atoms with van der Waals surface area (Å²) in [4.78, 5) is 27.8. The van der Waals surface area contributed by atoms with E-state index in [0.717, 1.165) is 19.6 Å². The quantitative estimate of drug-likeness (QED) is 0.579. The predicted octanol–water partition coefficient (Wildman–Crippen LogP) is -1.66. The maximum atomic E-state index is 11.1. The van der Waals surface area contributed by atoms with Crippen molar-refractivity contribution in [1.29, 1.82) is 0 Å². The summed E-state index contributed by atoms with van der Waals surface area (Å²) in [5.74, 6) is -2.11. The fourth-order valence-corrected chi connectivity index (χ4v) is 2.59. The number of hydrogen-bond donors (Lipinski definition) is 2. The van der Waals surface area contributed by atoms with Crippen LogP contribution in [0.25, 0.3) is 0 Å². The van der Waals surface area contributed by atoms with Crippen LogP contribution in [0.5, 0.6) is 0 Å². The van der Waals surface area contributed by atoms with Gasteiger partial charge in [0.2, 0.25) is 0 Å². The van der Waals surface area contributed by atoms with Crippen molar-refractivity contribution in [1.82, 2.24) is 14.7 Å². The Morgan fingerprint density at radius 1 is 1.04 bits per heavy atom. The van der Waals surface area contributed by atoms with Gasteiger partial charge in [0, 0.05) is 32.7 Å². The number of hydrogen-bond acceptors (Lipinski definition) is 6. The lowest BCUT2D eigenvalue weighted by Gasteiger charge is -2.34. The van der Waals surface area contributed by atoms with Crippen LogP contribution in [0.2, 0.25) is 0 Å². The Hall–Kier alpha value is -1.16. The Balaban J connectivity index is 2.75. The molecule has 1 saturated heterocycles. The molecule has 1 unspecified atom stereocenters. The fourth-order valence-electron chi connectivity index (χ4n) is 2.59. The van der Waals surface area contributed by atoms with Gasteiger partial charge in [0.15, 0.2) is 0 Å². The van der Waals surface area contributed by atoms with Crippen LogP contribution in [0.1, 0.15) is 6.92 Å². The smallest absolute Gasteiger partial charge is 0.317 e. The first-order valence-electron chi connectivity index (χ1n) is 7.95. The SMILES string of the molecule is [BH]C1CN(CC(=O)O)CCN(CC)CCOCCN1CC(=O)O. The molecular weight excluding hydrogens is 301 g/mol. The van der Waals surface area contributed by atoms with E-state index in [1.54, 1.807) is 4.90 Å². The molecule has 131 valence electrons. The van der Waals surface area contributed by atoms with E-state index in [1.165, 1.54) is 0 Å². The van der Waals surface area contributed by atoms with E-state index < -0.39 is 11.9 Å². The molecule has 0 bridgehead atoms. The lowest BCUT2D eigenvalue weighted by molar-refractivity contribution is -0.140. The number of aliphatic carboxylic acids is 2. The van der Waals surface area contributed by atoms with Crippen LogP contribution in [0, 0.1) is 0 Å². The fraction of sp³-hybridized carbons (Fsp3) is 0.857. The predicted molar refractivity (Wildman–Crippen MR) is 87.2 cm³/mol. The Bertz CT molecular complexity index is 385. The molecule has 0 aromatic heterocycles. The van der Waals surface area contributed by atoms with Gasteiger partial charge in [-0.3, -0.25) is 19.4 Å². The standard InChI is InChI=1S/C14H27BN3O5/c1-2-16-3-4-17(10-13(19)20)9-12(15)18(11-14(21)22)6-8-23-7-5-16/h12,15H,2-11H2,1H3,(H,19,20)(H,21,22). The minimum Gasteiger partial charge on any atom is -0.480 e. The second-order valence-electron chi connectivity index (χ2n) is 5.69. The van der Waals surface area contributed by atoms with Gasteiger partial charge in [-0.2, -0.15) is 0 Å². The Labute approximate surface area is 138 Å². The van der Waals surface area contributed by atoms with Crippen molar-refractivity contribution >= 4 is 19.8 Å². The molecule has 1 fully saturated rings. The highest BCUT2D eigenvalue weighted by Crippen LogP contribution is 2.03. The summed E-state index contributed by atoms with van der Waals surface area (Å²) in [6, 6.07) is 0. The first kappa shape index (κ1) is 19.9. The minimum absolute atomic E-state index is 0.0685. The van der Waals surface area contributed by atoms with E-state index in [0.29, 0.717) is 32.8 Å². The number of likely N-dealkylation sites (N-methyl/N-ethyl adjacent to an activating group) is 1.